The first-order valence-corrected chi connectivity index (χ1v) is 25.8. The third-order valence-corrected chi connectivity index (χ3v) is 14.8. The van der Waals surface area contributed by atoms with Crippen molar-refractivity contribution in [3.05, 3.63) is 241 Å². The number of hydrogen-bond acceptors (Lipinski definition) is 4. The lowest BCUT2D eigenvalue weighted by atomic mass is 9.86. The van der Waals surface area contributed by atoms with Gasteiger partial charge in [0, 0.05) is 51.5 Å². The van der Waals surface area contributed by atoms with Crippen LogP contribution in [0.2, 0.25) is 0 Å². The molecule has 1 aliphatic rings. The lowest BCUT2D eigenvalue weighted by molar-refractivity contribution is 0.483. The standard InChI is InChI=1S/C69H60N4O/c1-46-40-66(70-44-61(46)50-30-35-53(36-31-50)69(5,6)7)73-62-39-32-51(47-18-10-8-11-19-47)41-60(62)59-38-37-56(43-65(59)73)74-55-23-16-22-54(42-55)71-45-72(64-27-15-14-26-63(64)71)67-57(48-20-12-9-13-21-48)24-17-25-58(67)49-28-33-52(34-29-49)68(2,3)4/h8-44H,45H2,1-7H3. The summed E-state index contributed by atoms with van der Waals surface area (Å²) in [6.07, 6.45) is 2.03. The van der Waals surface area contributed by atoms with E-state index in [1.807, 2.05) is 6.20 Å². The predicted molar refractivity (Wildman–Crippen MR) is 311 cm³/mol. The molecule has 0 atom stereocenters. The zero-order valence-corrected chi connectivity index (χ0v) is 43.3. The number of hydrogen-bond donors (Lipinski definition) is 0. The molecule has 0 spiro atoms. The van der Waals surface area contributed by atoms with Crippen molar-refractivity contribution in [2.45, 2.75) is 59.3 Å². The van der Waals surface area contributed by atoms with Gasteiger partial charge in [-0.05, 0) is 117 Å². The molecule has 9 aromatic carbocycles. The van der Waals surface area contributed by atoms with Crippen molar-refractivity contribution in [3.8, 4) is 61.8 Å². The average Bonchev–Trinajstić information content (AvgIpc) is 3.96. The normalized spacial score (nSPS) is 12.7. The Morgan fingerprint density at radius 1 is 0.419 bits per heavy atom. The quantitative estimate of drug-likeness (QED) is 0.144. The molecule has 0 N–H and O–H groups in total. The summed E-state index contributed by atoms with van der Waals surface area (Å²) in [4.78, 5) is 10.1. The second-order valence-electron chi connectivity index (χ2n) is 21.8. The molecular formula is C69H60N4O. The minimum atomic E-state index is 0.0595. The van der Waals surface area contributed by atoms with Crippen LogP contribution in [0.5, 0.6) is 11.5 Å². The number of nitrogens with zero attached hydrogens (tertiary/aromatic N) is 4. The molecule has 0 saturated heterocycles. The molecule has 0 fully saturated rings. The van der Waals surface area contributed by atoms with E-state index in [4.69, 9.17) is 9.72 Å². The highest BCUT2D eigenvalue weighted by atomic mass is 16.5. The van der Waals surface area contributed by atoms with Crippen molar-refractivity contribution in [1.82, 2.24) is 9.55 Å². The SMILES string of the molecule is Cc1cc(-n2c3ccc(-c4ccccc4)cc3c3ccc(Oc4cccc(N5CN(c6c(-c7ccccc7)cccc6-c6ccc(C(C)(C)C)cc6)c6ccccc65)c4)cc32)ncc1-c1ccc(C(C)(C)C)cc1. The van der Waals surface area contributed by atoms with E-state index in [9.17, 15) is 0 Å². The monoisotopic (exact) mass is 960 g/mol. The molecule has 362 valence electrons. The lowest BCUT2D eigenvalue weighted by Gasteiger charge is -2.27. The molecule has 2 aromatic heterocycles. The number of benzene rings is 9. The molecule has 0 aliphatic carbocycles. The zero-order valence-electron chi connectivity index (χ0n) is 43.3. The second-order valence-corrected chi connectivity index (χ2v) is 21.8. The number of pyridine rings is 1. The molecule has 0 unspecified atom stereocenters. The van der Waals surface area contributed by atoms with Gasteiger partial charge in [-0.2, -0.15) is 0 Å². The van der Waals surface area contributed by atoms with Crippen molar-refractivity contribution in [3.63, 3.8) is 0 Å². The minimum Gasteiger partial charge on any atom is -0.457 e. The summed E-state index contributed by atoms with van der Waals surface area (Å²) in [6, 6.07) is 78.9. The Morgan fingerprint density at radius 2 is 0.973 bits per heavy atom. The Bertz CT molecular complexity index is 3860. The maximum absolute atomic E-state index is 6.91. The molecule has 0 bridgehead atoms. The van der Waals surface area contributed by atoms with Gasteiger partial charge >= 0.3 is 0 Å². The van der Waals surface area contributed by atoms with Crippen molar-refractivity contribution in [1.29, 1.82) is 0 Å². The van der Waals surface area contributed by atoms with E-state index in [1.54, 1.807) is 0 Å². The summed E-state index contributed by atoms with van der Waals surface area (Å²) in [7, 11) is 0. The van der Waals surface area contributed by atoms with Gasteiger partial charge in [0.2, 0.25) is 0 Å². The average molecular weight is 961 g/mol. The van der Waals surface area contributed by atoms with Crippen molar-refractivity contribution < 1.29 is 4.74 Å². The fourth-order valence-electron chi connectivity index (χ4n) is 10.8. The fraction of sp³-hybridized carbons (Fsp3) is 0.145. The minimum absolute atomic E-state index is 0.0595. The van der Waals surface area contributed by atoms with E-state index in [2.05, 4.69) is 281 Å². The van der Waals surface area contributed by atoms with Gasteiger partial charge in [-0.1, -0.05) is 193 Å². The molecule has 11 aromatic rings. The fourth-order valence-corrected chi connectivity index (χ4v) is 10.8. The zero-order chi connectivity index (χ0) is 50.7. The molecule has 74 heavy (non-hydrogen) atoms. The predicted octanol–water partition coefficient (Wildman–Crippen LogP) is 18.8. The van der Waals surface area contributed by atoms with Crippen LogP contribution in [0.1, 0.15) is 58.2 Å². The van der Waals surface area contributed by atoms with Crippen LogP contribution in [-0.4, -0.2) is 16.2 Å². The van der Waals surface area contributed by atoms with Crippen LogP contribution in [-0.2, 0) is 10.8 Å². The number of rotatable bonds is 9. The summed E-state index contributed by atoms with van der Waals surface area (Å²) in [5.74, 6) is 2.36. The van der Waals surface area contributed by atoms with Gasteiger partial charge in [0.25, 0.3) is 0 Å². The molecular weight excluding hydrogens is 901 g/mol. The number of anilines is 4. The number of para-hydroxylation sites is 3. The van der Waals surface area contributed by atoms with Crippen LogP contribution in [0.4, 0.5) is 22.7 Å². The van der Waals surface area contributed by atoms with E-state index in [0.29, 0.717) is 6.67 Å². The van der Waals surface area contributed by atoms with E-state index >= 15 is 0 Å². The van der Waals surface area contributed by atoms with E-state index in [0.717, 1.165) is 72.9 Å². The van der Waals surface area contributed by atoms with Crippen LogP contribution < -0.4 is 14.5 Å². The van der Waals surface area contributed by atoms with Gasteiger partial charge in [-0.3, -0.25) is 4.57 Å². The number of fused-ring (bicyclic) bond motifs is 4. The number of aromatic nitrogens is 2. The summed E-state index contributed by atoms with van der Waals surface area (Å²) >= 11 is 0. The van der Waals surface area contributed by atoms with E-state index in [-0.39, 0.29) is 10.8 Å². The van der Waals surface area contributed by atoms with Crippen LogP contribution in [0.3, 0.4) is 0 Å². The Hall–Kier alpha value is -8.67. The Kier molecular flexibility index (Phi) is 11.6. The third kappa shape index (κ3) is 8.58. The van der Waals surface area contributed by atoms with Gasteiger partial charge in [-0.25, -0.2) is 4.98 Å². The van der Waals surface area contributed by atoms with E-state index in [1.165, 1.54) is 50.2 Å². The van der Waals surface area contributed by atoms with Crippen LogP contribution >= 0.6 is 0 Å². The Labute approximate surface area is 435 Å². The van der Waals surface area contributed by atoms with E-state index < -0.39 is 0 Å². The van der Waals surface area contributed by atoms with Gasteiger partial charge < -0.3 is 14.5 Å². The number of aryl methyl sites for hydroxylation is 1. The molecule has 0 amide bonds. The van der Waals surface area contributed by atoms with Gasteiger partial charge in [-0.15, -0.1) is 0 Å². The molecule has 0 saturated carbocycles. The highest BCUT2D eigenvalue weighted by Crippen LogP contribution is 2.51. The molecule has 5 heteroatoms. The maximum atomic E-state index is 6.91. The Balaban J connectivity index is 0.915. The topological polar surface area (TPSA) is 33.5 Å². The van der Waals surface area contributed by atoms with Gasteiger partial charge in [0.1, 0.15) is 24.0 Å². The van der Waals surface area contributed by atoms with Crippen LogP contribution in [0.15, 0.2) is 225 Å². The molecule has 1 aliphatic heterocycles. The molecule has 3 heterocycles. The summed E-state index contributed by atoms with van der Waals surface area (Å²) in [5, 5.41) is 2.29. The van der Waals surface area contributed by atoms with Crippen LogP contribution in [0.25, 0.3) is 72.1 Å². The summed E-state index contributed by atoms with van der Waals surface area (Å²) in [6.45, 7) is 16.4. The smallest absolute Gasteiger partial charge is 0.137 e. The first-order chi connectivity index (χ1) is 35.9. The molecule has 12 rings (SSSR count). The largest absolute Gasteiger partial charge is 0.457 e. The van der Waals surface area contributed by atoms with Crippen molar-refractivity contribution in [2.75, 3.05) is 16.5 Å². The van der Waals surface area contributed by atoms with Crippen molar-refractivity contribution in [2.24, 2.45) is 0 Å². The van der Waals surface area contributed by atoms with Crippen LogP contribution in [0, 0.1) is 6.92 Å². The Morgan fingerprint density at radius 3 is 1.61 bits per heavy atom. The highest BCUT2D eigenvalue weighted by Gasteiger charge is 2.32. The highest BCUT2D eigenvalue weighted by molar-refractivity contribution is 6.11. The van der Waals surface area contributed by atoms with Gasteiger partial charge in [0.05, 0.1) is 28.1 Å². The first-order valence-electron chi connectivity index (χ1n) is 25.8. The maximum Gasteiger partial charge on any atom is 0.137 e. The second kappa shape index (κ2) is 18.4. The molecule has 0 radical (unpaired) electrons. The van der Waals surface area contributed by atoms with Crippen molar-refractivity contribution >= 4 is 44.6 Å². The summed E-state index contributed by atoms with van der Waals surface area (Å²) in [5.41, 5.74) is 20.0. The third-order valence-electron chi connectivity index (χ3n) is 14.8. The van der Waals surface area contributed by atoms with Gasteiger partial charge in [0.15, 0.2) is 0 Å². The first kappa shape index (κ1) is 46.4. The number of ether oxygens (including phenoxy) is 1. The lowest BCUT2D eigenvalue weighted by Crippen LogP contribution is -2.25. The molecule has 5 nitrogen and oxygen atoms in total. The summed E-state index contributed by atoms with van der Waals surface area (Å²) < 4.78 is 9.20.